The molecule has 5 rings (SSSR count). The van der Waals surface area contributed by atoms with Crippen LogP contribution in [0.1, 0.15) is 22.3 Å². The van der Waals surface area contributed by atoms with Gasteiger partial charge in [-0.15, -0.1) is 0 Å². The van der Waals surface area contributed by atoms with Crippen LogP contribution in [-0.4, -0.2) is 15.8 Å². The lowest BCUT2D eigenvalue weighted by atomic mass is 9.75. The number of ether oxygens (including phenoxy) is 1. The maximum atomic E-state index is 10.5. The van der Waals surface area contributed by atoms with Gasteiger partial charge in [-0.1, -0.05) is 97.1 Å². The molecule has 0 spiro atoms. The summed E-state index contributed by atoms with van der Waals surface area (Å²) in [5.74, 6) is 0.509. The van der Waals surface area contributed by atoms with Gasteiger partial charge in [0.15, 0.2) is 0 Å². The molecule has 31 heavy (non-hydrogen) atoms. The van der Waals surface area contributed by atoms with Crippen molar-refractivity contribution < 1.29 is 14.9 Å². The van der Waals surface area contributed by atoms with Gasteiger partial charge in [0.2, 0.25) is 0 Å². The van der Waals surface area contributed by atoms with Gasteiger partial charge < -0.3 is 14.9 Å². The standard InChI is InChI=1S/C28H24O3/c29-25-17-9-7-11-21(25)19-27(20-22-12-8-10-18-26(22)30)28(31-27,23-13-3-1-4-14-23)24-15-5-2-6-16-24/h1-18,29-30H,19-20H2. The molecule has 154 valence electrons. The Morgan fingerprint density at radius 1 is 0.516 bits per heavy atom. The molecule has 0 radical (unpaired) electrons. The van der Waals surface area contributed by atoms with Gasteiger partial charge >= 0.3 is 0 Å². The van der Waals surface area contributed by atoms with Crippen LogP contribution in [0.2, 0.25) is 0 Å². The molecule has 1 saturated heterocycles. The van der Waals surface area contributed by atoms with Gasteiger partial charge in [-0.05, 0) is 34.4 Å². The van der Waals surface area contributed by atoms with E-state index in [9.17, 15) is 10.2 Å². The first-order chi connectivity index (χ1) is 15.1. The van der Waals surface area contributed by atoms with Crippen molar-refractivity contribution in [2.75, 3.05) is 0 Å². The molecule has 1 heterocycles. The largest absolute Gasteiger partial charge is 0.508 e. The smallest absolute Gasteiger partial charge is 0.149 e. The van der Waals surface area contributed by atoms with E-state index in [1.54, 1.807) is 12.1 Å². The minimum absolute atomic E-state index is 0.254. The highest BCUT2D eigenvalue weighted by molar-refractivity contribution is 5.51. The molecule has 1 fully saturated rings. The Balaban J connectivity index is 1.68. The van der Waals surface area contributed by atoms with Crippen LogP contribution in [0.3, 0.4) is 0 Å². The predicted octanol–water partition coefficient (Wildman–Crippen LogP) is 5.60. The SMILES string of the molecule is Oc1ccccc1CC1(Cc2ccccc2O)OC1(c1ccccc1)c1ccccc1. The van der Waals surface area contributed by atoms with Gasteiger partial charge in [0.25, 0.3) is 0 Å². The average molecular weight is 408 g/mol. The zero-order valence-corrected chi connectivity index (χ0v) is 17.1. The van der Waals surface area contributed by atoms with Crippen LogP contribution >= 0.6 is 0 Å². The zero-order valence-electron chi connectivity index (χ0n) is 17.1. The number of hydrogen-bond donors (Lipinski definition) is 2. The van der Waals surface area contributed by atoms with E-state index in [2.05, 4.69) is 24.3 Å². The second kappa shape index (κ2) is 7.60. The minimum atomic E-state index is -0.680. The highest BCUT2D eigenvalue weighted by Crippen LogP contribution is 2.63. The number of aromatic hydroxyl groups is 2. The maximum absolute atomic E-state index is 10.5. The molecule has 3 heteroatoms. The Bertz CT molecular complexity index is 1100. The summed E-state index contributed by atoms with van der Waals surface area (Å²) in [4.78, 5) is 0. The molecule has 1 aliphatic heterocycles. The van der Waals surface area contributed by atoms with Crippen molar-refractivity contribution in [1.29, 1.82) is 0 Å². The third kappa shape index (κ3) is 3.28. The van der Waals surface area contributed by atoms with Crippen LogP contribution in [0.25, 0.3) is 0 Å². The second-order valence-corrected chi connectivity index (χ2v) is 8.12. The molecule has 0 atom stereocenters. The summed E-state index contributed by atoms with van der Waals surface area (Å²) in [7, 11) is 0. The Hall–Kier alpha value is -3.56. The van der Waals surface area contributed by atoms with E-state index >= 15 is 0 Å². The van der Waals surface area contributed by atoms with Crippen molar-refractivity contribution in [2.24, 2.45) is 0 Å². The molecule has 1 aliphatic rings. The highest BCUT2D eigenvalue weighted by Gasteiger charge is 2.71. The summed E-state index contributed by atoms with van der Waals surface area (Å²) in [5.41, 5.74) is 2.44. The molecule has 0 amide bonds. The monoisotopic (exact) mass is 408 g/mol. The van der Waals surface area contributed by atoms with Gasteiger partial charge in [0, 0.05) is 12.8 Å². The molecule has 4 aromatic rings. The fourth-order valence-electron chi connectivity index (χ4n) is 4.74. The van der Waals surface area contributed by atoms with E-state index in [1.807, 2.05) is 72.8 Å². The first kappa shape index (κ1) is 19.4. The molecule has 0 aromatic heterocycles. The Kier molecular flexibility index (Phi) is 4.76. The average Bonchev–Trinajstić information content (AvgIpc) is 3.47. The lowest BCUT2D eigenvalue weighted by Crippen LogP contribution is -2.30. The van der Waals surface area contributed by atoms with Crippen molar-refractivity contribution in [3.8, 4) is 11.5 Å². The Labute approximate surface area is 182 Å². The zero-order chi connectivity index (χ0) is 21.3. The van der Waals surface area contributed by atoms with Crippen LogP contribution in [-0.2, 0) is 23.2 Å². The van der Waals surface area contributed by atoms with Gasteiger partial charge in [0.1, 0.15) is 22.7 Å². The fourth-order valence-corrected chi connectivity index (χ4v) is 4.74. The number of hydrogen-bond acceptors (Lipinski definition) is 3. The van der Waals surface area contributed by atoms with Gasteiger partial charge in [-0.2, -0.15) is 0 Å². The Morgan fingerprint density at radius 2 is 0.903 bits per heavy atom. The summed E-state index contributed by atoms with van der Waals surface area (Å²) in [5, 5.41) is 21.1. The van der Waals surface area contributed by atoms with Crippen LogP contribution in [0.5, 0.6) is 11.5 Å². The summed E-state index contributed by atoms with van der Waals surface area (Å²) >= 11 is 0. The maximum Gasteiger partial charge on any atom is 0.149 e. The van der Waals surface area contributed by atoms with E-state index in [1.165, 1.54) is 0 Å². The van der Waals surface area contributed by atoms with E-state index in [0.717, 1.165) is 22.3 Å². The summed E-state index contributed by atoms with van der Waals surface area (Å²) < 4.78 is 6.76. The molecule has 2 N–H and O–H groups in total. The third-order valence-corrected chi connectivity index (χ3v) is 6.24. The van der Waals surface area contributed by atoms with Crippen LogP contribution in [0.15, 0.2) is 109 Å². The number of epoxide rings is 1. The van der Waals surface area contributed by atoms with E-state index < -0.39 is 11.2 Å². The van der Waals surface area contributed by atoms with Crippen LogP contribution < -0.4 is 0 Å². The van der Waals surface area contributed by atoms with Gasteiger partial charge in [0.05, 0.1) is 0 Å². The molecular formula is C28H24O3. The van der Waals surface area contributed by atoms with Crippen molar-refractivity contribution >= 4 is 0 Å². The molecule has 4 aromatic carbocycles. The number of phenols is 2. The van der Waals surface area contributed by atoms with Crippen molar-refractivity contribution in [3.63, 3.8) is 0 Å². The van der Waals surface area contributed by atoms with E-state index in [0.29, 0.717) is 12.8 Å². The molecular weight excluding hydrogens is 384 g/mol. The predicted molar refractivity (Wildman–Crippen MR) is 121 cm³/mol. The second-order valence-electron chi connectivity index (χ2n) is 8.12. The minimum Gasteiger partial charge on any atom is -0.508 e. The van der Waals surface area contributed by atoms with Gasteiger partial charge in [-0.25, -0.2) is 0 Å². The van der Waals surface area contributed by atoms with E-state index in [-0.39, 0.29) is 11.5 Å². The number of para-hydroxylation sites is 2. The Morgan fingerprint density at radius 3 is 1.32 bits per heavy atom. The molecule has 0 bridgehead atoms. The third-order valence-electron chi connectivity index (χ3n) is 6.24. The van der Waals surface area contributed by atoms with Crippen LogP contribution in [0.4, 0.5) is 0 Å². The first-order valence-corrected chi connectivity index (χ1v) is 10.5. The molecule has 0 unspecified atom stereocenters. The lowest BCUT2D eigenvalue weighted by Gasteiger charge is -2.23. The fraction of sp³-hybridized carbons (Fsp3) is 0.143. The summed E-state index contributed by atoms with van der Waals surface area (Å²) in [6.07, 6.45) is 1.02. The van der Waals surface area contributed by atoms with Crippen molar-refractivity contribution in [3.05, 3.63) is 131 Å². The number of benzene rings is 4. The topological polar surface area (TPSA) is 53.0 Å². The normalized spacial score (nSPS) is 16.0. The quantitative estimate of drug-likeness (QED) is 0.409. The van der Waals surface area contributed by atoms with Crippen molar-refractivity contribution in [1.82, 2.24) is 0 Å². The molecule has 0 saturated carbocycles. The first-order valence-electron chi connectivity index (χ1n) is 10.5. The lowest BCUT2D eigenvalue weighted by molar-refractivity contribution is 0.270. The molecule has 3 nitrogen and oxygen atoms in total. The van der Waals surface area contributed by atoms with Crippen LogP contribution in [0, 0.1) is 0 Å². The number of phenolic OH excluding ortho intramolecular Hbond substituents is 2. The van der Waals surface area contributed by atoms with E-state index in [4.69, 9.17) is 4.74 Å². The highest BCUT2D eigenvalue weighted by atomic mass is 16.6. The summed E-state index contributed by atoms with van der Waals surface area (Å²) in [6, 6.07) is 35.2. The molecule has 0 aliphatic carbocycles. The number of rotatable bonds is 6. The summed E-state index contributed by atoms with van der Waals surface area (Å²) in [6.45, 7) is 0. The van der Waals surface area contributed by atoms with Gasteiger partial charge in [-0.3, -0.25) is 0 Å². The van der Waals surface area contributed by atoms with Crippen molar-refractivity contribution in [2.45, 2.75) is 24.0 Å².